The quantitative estimate of drug-likeness (QED) is 0.376. The van der Waals surface area contributed by atoms with E-state index in [1.165, 1.54) is 0 Å². The Morgan fingerprint density at radius 1 is 0.615 bits per heavy atom. The first-order valence-electron chi connectivity index (χ1n) is 3.45. The Balaban J connectivity index is -0.0000000533. The molecule has 0 aliphatic heterocycles. The SMILES string of the molecule is C[Si](C)(C)[N-][Si](C)(C)C.[Cl-].[Cl-].[Cl-].[Hf+4]. The number of halogens is 3. The summed E-state index contributed by atoms with van der Waals surface area (Å²) in [6.07, 6.45) is 0. The van der Waals surface area contributed by atoms with E-state index in [4.69, 9.17) is 4.65 Å². The number of nitrogens with zero attached hydrogens (tertiary/aromatic N) is 1. The van der Waals surface area contributed by atoms with Crippen molar-refractivity contribution in [2.75, 3.05) is 0 Å². The zero-order valence-electron chi connectivity index (χ0n) is 9.08. The molecule has 0 fully saturated rings. The molecule has 0 saturated carbocycles. The molecule has 0 atom stereocenters. The second kappa shape index (κ2) is 10.6. The second-order valence-corrected chi connectivity index (χ2v) is 14.0. The summed E-state index contributed by atoms with van der Waals surface area (Å²) in [6.45, 7) is 13.8. The van der Waals surface area contributed by atoms with Gasteiger partial charge in [0.2, 0.25) is 0 Å². The van der Waals surface area contributed by atoms with Crippen molar-refractivity contribution in [1.29, 1.82) is 0 Å². The van der Waals surface area contributed by atoms with Gasteiger partial charge in [0.25, 0.3) is 0 Å². The zero-order valence-corrected chi connectivity index (χ0v) is 16.9. The van der Waals surface area contributed by atoms with Gasteiger partial charge in [-0.3, -0.25) is 0 Å². The van der Waals surface area contributed by atoms with Gasteiger partial charge in [0, 0.05) is 0 Å². The van der Waals surface area contributed by atoms with E-state index in [1.54, 1.807) is 0 Å². The molecule has 13 heavy (non-hydrogen) atoms. The first-order valence-corrected chi connectivity index (χ1v) is 10.3. The van der Waals surface area contributed by atoms with Gasteiger partial charge in [0.15, 0.2) is 0 Å². The summed E-state index contributed by atoms with van der Waals surface area (Å²) >= 11 is 0. The van der Waals surface area contributed by atoms with E-state index in [9.17, 15) is 0 Å². The van der Waals surface area contributed by atoms with Crippen molar-refractivity contribution in [1.82, 2.24) is 0 Å². The summed E-state index contributed by atoms with van der Waals surface area (Å²) < 4.78 is 4.82. The van der Waals surface area contributed by atoms with Crippen molar-refractivity contribution < 1.29 is 63.1 Å². The topological polar surface area (TPSA) is 14.1 Å². The third kappa shape index (κ3) is 31.5. The van der Waals surface area contributed by atoms with Gasteiger partial charge in [-0.2, -0.15) is 0 Å². The van der Waals surface area contributed by atoms with E-state index in [0.717, 1.165) is 0 Å². The van der Waals surface area contributed by atoms with Crippen LogP contribution in [0.3, 0.4) is 0 Å². The Kier molecular flexibility index (Phi) is 24.1. The van der Waals surface area contributed by atoms with E-state index in [1.807, 2.05) is 0 Å². The molecule has 80 valence electrons. The Bertz CT molecular complexity index is 91.0. The maximum Gasteiger partial charge on any atom is 4.00 e. The van der Waals surface area contributed by atoms with Crippen LogP contribution in [0.2, 0.25) is 39.3 Å². The summed E-state index contributed by atoms with van der Waals surface area (Å²) in [7, 11) is -2.21. The van der Waals surface area contributed by atoms with Crippen LogP contribution < -0.4 is 37.2 Å². The standard InChI is InChI=1S/C6H18NSi2.3ClH.Hf/c1-8(2,3)7-9(4,5)6;;;;/h1-6H3;3*1H;/q-1;;;;+4/p-3. The molecule has 0 aromatic carbocycles. The molecular weight excluding hydrogens is 427 g/mol. The van der Waals surface area contributed by atoms with Crippen LogP contribution >= 0.6 is 0 Å². The molecule has 0 amide bonds. The van der Waals surface area contributed by atoms with E-state index in [0.29, 0.717) is 0 Å². The van der Waals surface area contributed by atoms with Gasteiger partial charge in [-0.15, -0.1) is 0 Å². The van der Waals surface area contributed by atoms with Crippen LogP contribution in [0.1, 0.15) is 0 Å². The van der Waals surface area contributed by atoms with Crippen molar-refractivity contribution >= 4 is 16.5 Å². The van der Waals surface area contributed by atoms with Gasteiger partial charge >= 0.3 is 25.8 Å². The van der Waals surface area contributed by atoms with Crippen molar-refractivity contribution in [2.24, 2.45) is 0 Å². The molecule has 0 aliphatic rings. The Hall–Kier alpha value is 2.13. The van der Waals surface area contributed by atoms with Crippen LogP contribution in [-0.4, -0.2) is 16.5 Å². The van der Waals surface area contributed by atoms with E-state index in [2.05, 4.69) is 39.3 Å². The fourth-order valence-electron chi connectivity index (χ4n) is 1.01. The van der Waals surface area contributed by atoms with Crippen LogP contribution in [0, 0.1) is 0 Å². The predicted octanol–water partition coefficient (Wildman–Crippen LogP) is -5.96. The Morgan fingerprint density at radius 3 is 0.769 bits per heavy atom. The van der Waals surface area contributed by atoms with Crippen molar-refractivity contribution in [2.45, 2.75) is 39.3 Å². The molecule has 0 unspecified atom stereocenters. The molecule has 0 spiro atoms. The monoisotopic (exact) mass is 445 g/mol. The normalized spacial score (nSPS) is 9.69. The van der Waals surface area contributed by atoms with Gasteiger partial charge in [-0.05, 0) is 0 Å². The molecule has 0 radical (unpaired) electrons. The van der Waals surface area contributed by atoms with E-state index in [-0.39, 0.29) is 63.1 Å². The molecule has 0 saturated heterocycles. The minimum absolute atomic E-state index is 0. The van der Waals surface area contributed by atoms with Crippen LogP contribution in [0.4, 0.5) is 0 Å². The smallest absolute Gasteiger partial charge is 1.00 e. The number of rotatable bonds is 2. The average Bonchev–Trinajstić information content (AvgIpc) is 1.14. The minimum Gasteiger partial charge on any atom is -1.00 e. The summed E-state index contributed by atoms with van der Waals surface area (Å²) in [5.41, 5.74) is 0. The molecule has 0 rings (SSSR count). The molecular formula is C6H18Cl3HfNSi2. The third-order valence-corrected chi connectivity index (χ3v) is 6.04. The molecule has 0 heterocycles. The third-order valence-electron chi connectivity index (χ3n) is 0.671. The predicted molar refractivity (Wildman–Crippen MR) is 50.1 cm³/mol. The maximum atomic E-state index is 4.82. The van der Waals surface area contributed by atoms with Crippen LogP contribution in [0.25, 0.3) is 4.65 Å². The Labute approximate surface area is 122 Å². The van der Waals surface area contributed by atoms with Gasteiger partial charge in [0.05, 0.1) is 0 Å². The minimum atomic E-state index is -1.11. The molecule has 0 bridgehead atoms. The molecule has 0 N–H and O–H groups in total. The molecule has 0 aromatic rings. The number of hydrogen-bond donors (Lipinski definition) is 0. The molecule has 0 aliphatic carbocycles. The summed E-state index contributed by atoms with van der Waals surface area (Å²) in [5, 5.41) is 0. The van der Waals surface area contributed by atoms with Gasteiger partial charge in [0.1, 0.15) is 0 Å². The zero-order chi connectivity index (χ0) is 7.71. The maximum absolute atomic E-state index is 4.82. The van der Waals surface area contributed by atoms with Gasteiger partial charge in [-0.1, -0.05) is 55.8 Å². The Morgan fingerprint density at radius 2 is 0.769 bits per heavy atom. The molecule has 1 nitrogen and oxygen atoms in total. The van der Waals surface area contributed by atoms with Crippen LogP contribution in [0.5, 0.6) is 0 Å². The van der Waals surface area contributed by atoms with Crippen LogP contribution in [0.15, 0.2) is 0 Å². The van der Waals surface area contributed by atoms with Crippen molar-refractivity contribution in [3.63, 3.8) is 0 Å². The summed E-state index contributed by atoms with van der Waals surface area (Å²) in [5.74, 6) is 0. The van der Waals surface area contributed by atoms with E-state index >= 15 is 0 Å². The average molecular weight is 445 g/mol. The van der Waals surface area contributed by atoms with Crippen molar-refractivity contribution in [3.05, 3.63) is 4.65 Å². The van der Waals surface area contributed by atoms with E-state index < -0.39 is 16.5 Å². The first kappa shape index (κ1) is 29.4. The molecule has 7 heteroatoms. The van der Waals surface area contributed by atoms with Gasteiger partial charge in [-0.25, -0.2) is 0 Å². The van der Waals surface area contributed by atoms with Crippen LogP contribution in [-0.2, 0) is 25.8 Å². The second-order valence-electron chi connectivity index (χ2n) is 4.45. The number of hydrogen-bond acceptors (Lipinski definition) is 0. The first-order chi connectivity index (χ1) is 3.71. The fraction of sp³-hybridized carbons (Fsp3) is 1.00. The molecule has 0 aromatic heterocycles. The largest absolute Gasteiger partial charge is 4.00 e. The van der Waals surface area contributed by atoms with Gasteiger partial charge < -0.3 is 41.9 Å². The van der Waals surface area contributed by atoms with Crippen molar-refractivity contribution in [3.8, 4) is 0 Å². The summed E-state index contributed by atoms with van der Waals surface area (Å²) in [6, 6.07) is 0. The fourth-order valence-corrected chi connectivity index (χ4v) is 9.06. The summed E-state index contributed by atoms with van der Waals surface area (Å²) in [4.78, 5) is 0.